The van der Waals surface area contributed by atoms with Gasteiger partial charge in [0.05, 0.1) is 29.6 Å². The highest BCUT2D eigenvalue weighted by Crippen LogP contribution is 2.27. The molecule has 0 atom stereocenters. The molecule has 0 radical (unpaired) electrons. The van der Waals surface area contributed by atoms with Crippen molar-refractivity contribution in [3.63, 3.8) is 0 Å². The minimum Gasteiger partial charge on any atom is -0.468 e. The Morgan fingerprint density at radius 2 is 1.47 bits per heavy atom. The summed E-state index contributed by atoms with van der Waals surface area (Å²) >= 11 is 0. The largest absolute Gasteiger partial charge is 0.468 e. The van der Waals surface area contributed by atoms with Crippen LogP contribution in [0.25, 0.3) is 22.2 Å². The average Bonchev–Trinajstić information content (AvgIpc) is 3.27. The number of hydrogen-bond donors (Lipinski definition) is 1. The number of nitrogens with zero attached hydrogens (tertiary/aromatic N) is 2. The third-order valence-corrected chi connectivity index (χ3v) is 7.20. The normalized spacial score (nSPS) is 11.4. The fourth-order valence-corrected chi connectivity index (χ4v) is 5.06. The van der Waals surface area contributed by atoms with Gasteiger partial charge in [0.1, 0.15) is 5.52 Å². The van der Waals surface area contributed by atoms with Crippen LogP contribution in [0.3, 0.4) is 0 Å². The van der Waals surface area contributed by atoms with Crippen molar-refractivity contribution in [1.82, 2.24) is 14.3 Å². The van der Waals surface area contributed by atoms with Crippen molar-refractivity contribution in [3.05, 3.63) is 114 Å². The van der Waals surface area contributed by atoms with Gasteiger partial charge in [0.15, 0.2) is 0 Å². The molecular formula is C28H23N3O4S. The number of benzene rings is 4. The van der Waals surface area contributed by atoms with E-state index in [1.807, 2.05) is 41.0 Å². The maximum atomic E-state index is 13.0. The number of ether oxygens (including phenoxy) is 1. The summed E-state index contributed by atoms with van der Waals surface area (Å²) in [5.74, 6) is -0.760. The highest BCUT2D eigenvalue weighted by atomic mass is 32.2. The van der Waals surface area contributed by atoms with Crippen LogP contribution in [-0.2, 0) is 16.6 Å². The second-order valence-electron chi connectivity index (χ2n) is 8.17. The molecule has 0 aliphatic carbocycles. The van der Waals surface area contributed by atoms with Gasteiger partial charge in [-0.2, -0.15) is 4.98 Å². The minimum absolute atomic E-state index is 0.00702. The van der Waals surface area contributed by atoms with Gasteiger partial charge in [-0.1, -0.05) is 78.9 Å². The summed E-state index contributed by atoms with van der Waals surface area (Å²) in [6.07, 6.45) is 0. The molecule has 0 unspecified atom stereocenters. The van der Waals surface area contributed by atoms with E-state index in [0.717, 1.165) is 16.7 Å². The molecule has 0 saturated heterocycles. The first-order chi connectivity index (χ1) is 17.5. The number of hydrogen-bond acceptors (Lipinski definition) is 5. The summed E-state index contributed by atoms with van der Waals surface area (Å²) in [5, 5.41) is 0. The number of sulfonamides is 1. The van der Waals surface area contributed by atoms with E-state index in [9.17, 15) is 13.2 Å². The molecule has 1 aromatic heterocycles. The van der Waals surface area contributed by atoms with Crippen LogP contribution in [0.4, 0.5) is 0 Å². The Morgan fingerprint density at radius 1 is 0.833 bits per heavy atom. The van der Waals surface area contributed by atoms with Gasteiger partial charge in [-0.05, 0) is 41.0 Å². The van der Waals surface area contributed by atoms with Crippen molar-refractivity contribution in [2.24, 2.45) is 0 Å². The topological polar surface area (TPSA) is 90.3 Å². The van der Waals surface area contributed by atoms with Gasteiger partial charge in [0.25, 0.3) is 21.9 Å². The minimum atomic E-state index is -4.03. The number of imidazole rings is 1. The zero-order valence-electron chi connectivity index (χ0n) is 19.5. The van der Waals surface area contributed by atoms with Crippen molar-refractivity contribution in [3.8, 4) is 17.1 Å². The van der Waals surface area contributed by atoms with E-state index in [1.165, 1.54) is 19.2 Å². The Balaban J connectivity index is 1.46. The van der Waals surface area contributed by atoms with Crippen molar-refractivity contribution in [2.75, 3.05) is 7.11 Å². The van der Waals surface area contributed by atoms with Gasteiger partial charge in [0.2, 0.25) is 0 Å². The standard InChI is InChI=1S/C28H23N3O4S/c1-35-28-29-26-24(27(32)30-36(33,34)23-11-6-3-7-12-23)13-8-14-25(26)31(28)19-20-15-17-22(18-16-20)21-9-4-2-5-10-21/h2-18H,19H2,1H3,(H,30,32). The van der Waals surface area contributed by atoms with Crippen LogP contribution in [0.2, 0.25) is 0 Å². The summed E-state index contributed by atoms with van der Waals surface area (Å²) in [4.78, 5) is 17.5. The predicted octanol–water partition coefficient (Wildman–Crippen LogP) is 4.88. The maximum Gasteiger partial charge on any atom is 0.297 e. The summed E-state index contributed by atoms with van der Waals surface area (Å²) in [6.45, 7) is 0.460. The van der Waals surface area contributed by atoms with Crippen LogP contribution in [0, 0.1) is 0 Å². The van der Waals surface area contributed by atoms with Crippen LogP contribution < -0.4 is 9.46 Å². The first-order valence-electron chi connectivity index (χ1n) is 11.3. The Hall–Kier alpha value is -4.43. The second kappa shape index (κ2) is 9.67. The van der Waals surface area contributed by atoms with Gasteiger partial charge in [-0.3, -0.25) is 9.36 Å². The first-order valence-corrected chi connectivity index (χ1v) is 12.7. The van der Waals surface area contributed by atoms with Gasteiger partial charge < -0.3 is 4.74 Å². The molecule has 0 bridgehead atoms. The Bertz CT molecular complexity index is 1630. The smallest absolute Gasteiger partial charge is 0.297 e. The predicted molar refractivity (Wildman–Crippen MR) is 138 cm³/mol. The molecule has 1 heterocycles. The SMILES string of the molecule is COc1nc2c(C(=O)NS(=O)(=O)c3ccccc3)cccc2n1Cc1ccc(-c2ccccc2)cc1. The van der Waals surface area contributed by atoms with Crippen molar-refractivity contribution < 1.29 is 17.9 Å². The van der Waals surface area contributed by atoms with E-state index in [2.05, 4.69) is 34.0 Å². The number of aromatic nitrogens is 2. The highest BCUT2D eigenvalue weighted by molar-refractivity contribution is 7.90. The molecule has 8 heteroatoms. The zero-order chi connectivity index (χ0) is 25.1. The van der Waals surface area contributed by atoms with E-state index in [4.69, 9.17) is 4.74 Å². The summed E-state index contributed by atoms with van der Waals surface area (Å²) < 4.78 is 34.8. The van der Waals surface area contributed by atoms with Crippen LogP contribution >= 0.6 is 0 Å². The second-order valence-corrected chi connectivity index (χ2v) is 9.85. The summed E-state index contributed by atoms with van der Waals surface area (Å²) in [7, 11) is -2.52. The van der Waals surface area contributed by atoms with Crippen molar-refractivity contribution in [1.29, 1.82) is 0 Å². The number of amides is 1. The monoisotopic (exact) mass is 497 g/mol. The number of para-hydroxylation sites is 1. The fraction of sp³-hybridized carbons (Fsp3) is 0.0714. The third-order valence-electron chi connectivity index (χ3n) is 5.85. The molecule has 0 aliphatic rings. The molecule has 36 heavy (non-hydrogen) atoms. The van der Waals surface area contributed by atoms with Crippen molar-refractivity contribution >= 4 is 27.0 Å². The van der Waals surface area contributed by atoms with Crippen LogP contribution in [0.5, 0.6) is 6.01 Å². The molecule has 1 amide bonds. The fourth-order valence-electron chi connectivity index (χ4n) is 4.07. The average molecular weight is 498 g/mol. The molecule has 0 aliphatic heterocycles. The van der Waals surface area contributed by atoms with Crippen molar-refractivity contribution in [2.45, 2.75) is 11.4 Å². The number of rotatable bonds is 7. The van der Waals surface area contributed by atoms with Gasteiger partial charge in [-0.25, -0.2) is 13.1 Å². The molecular weight excluding hydrogens is 474 g/mol. The number of methoxy groups -OCH3 is 1. The Labute approximate surface area is 209 Å². The van der Waals surface area contributed by atoms with E-state index < -0.39 is 15.9 Å². The molecule has 0 saturated carbocycles. The molecule has 7 nitrogen and oxygen atoms in total. The molecule has 5 rings (SSSR count). The van der Waals surface area contributed by atoms with Gasteiger partial charge in [-0.15, -0.1) is 0 Å². The molecule has 4 aromatic carbocycles. The number of carbonyl (C=O) groups is 1. The molecule has 0 fully saturated rings. The maximum absolute atomic E-state index is 13.0. The number of fused-ring (bicyclic) bond motifs is 1. The van der Waals surface area contributed by atoms with Crippen LogP contribution in [0.15, 0.2) is 108 Å². The molecule has 1 N–H and O–H groups in total. The van der Waals surface area contributed by atoms with Gasteiger partial charge in [0, 0.05) is 0 Å². The lowest BCUT2D eigenvalue weighted by Crippen LogP contribution is -2.30. The number of nitrogens with one attached hydrogen (secondary N) is 1. The third kappa shape index (κ3) is 4.58. The van der Waals surface area contributed by atoms with E-state index in [-0.39, 0.29) is 10.5 Å². The first kappa shape index (κ1) is 23.3. The summed E-state index contributed by atoms with van der Waals surface area (Å²) in [6, 6.07) is 31.5. The molecule has 0 spiro atoms. The quantitative estimate of drug-likeness (QED) is 0.346. The molecule has 5 aromatic rings. The van der Waals surface area contributed by atoms with E-state index in [1.54, 1.807) is 30.3 Å². The lowest BCUT2D eigenvalue weighted by atomic mass is 10.0. The Morgan fingerprint density at radius 3 is 2.14 bits per heavy atom. The zero-order valence-corrected chi connectivity index (χ0v) is 20.3. The lowest BCUT2D eigenvalue weighted by molar-refractivity contribution is 0.0983. The van der Waals surface area contributed by atoms with Crippen LogP contribution in [-0.4, -0.2) is 31.0 Å². The van der Waals surface area contributed by atoms with Crippen LogP contribution in [0.1, 0.15) is 15.9 Å². The number of carbonyl (C=O) groups excluding carboxylic acids is 1. The molecule has 180 valence electrons. The van der Waals surface area contributed by atoms with E-state index in [0.29, 0.717) is 23.6 Å². The Kier molecular flexibility index (Phi) is 6.26. The highest BCUT2D eigenvalue weighted by Gasteiger charge is 2.23. The van der Waals surface area contributed by atoms with Gasteiger partial charge >= 0.3 is 0 Å². The lowest BCUT2D eigenvalue weighted by Gasteiger charge is -2.10. The summed E-state index contributed by atoms with van der Waals surface area (Å²) in [5.41, 5.74) is 4.42. The van der Waals surface area contributed by atoms with E-state index >= 15 is 0 Å².